The summed E-state index contributed by atoms with van der Waals surface area (Å²) in [6, 6.07) is 0. The van der Waals surface area contributed by atoms with Crippen LogP contribution in [0.2, 0.25) is 0 Å². The van der Waals surface area contributed by atoms with Gasteiger partial charge in [-0.3, -0.25) is 14.9 Å². The zero-order chi connectivity index (χ0) is 13.2. The highest BCUT2D eigenvalue weighted by Gasteiger charge is 2.17. The van der Waals surface area contributed by atoms with Crippen molar-refractivity contribution in [1.29, 1.82) is 0 Å². The third-order valence-corrected chi connectivity index (χ3v) is 3.42. The first kappa shape index (κ1) is 12.2. The van der Waals surface area contributed by atoms with E-state index in [9.17, 15) is 4.79 Å². The van der Waals surface area contributed by atoms with Crippen LogP contribution in [-0.4, -0.2) is 46.5 Å². The van der Waals surface area contributed by atoms with Gasteiger partial charge in [-0.1, -0.05) is 0 Å². The molecule has 1 unspecified atom stereocenters. The normalized spacial score (nSPS) is 19.7. The average Bonchev–Trinajstić information content (AvgIpc) is 2.88. The summed E-state index contributed by atoms with van der Waals surface area (Å²) in [4.78, 5) is 20.9. The number of nitrogens with one attached hydrogen (secondary N) is 2. The van der Waals surface area contributed by atoms with Crippen LogP contribution < -0.4 is 10.5 Å². The van der Waals surface area contributed by atoms with Gasteiger partial charge in [-0.15, -0.1) is 0 Å². The van der Waals surface area contributed by atoms with Gasteiger partial charge in [0.15, 0.2) is 5.65 Å². The number of hydrogen-bond donors (Lipinski definition) is 2. The van der Waals surface area contributed by atoms with Crippen LogP contribution in [0.1, 0.15) is 19.3 Å². The second kappa shape index (κ2) is 5.00. The van der Waals surface area contributed by atoms with Crippen LogP contribution in [-0.2, 0) is 4.74 Å². The Morgan fingerprint density at radius 1 is 1.53 bits per heavy atom. The summed E-state index contributed by atoms with van der Waals surface area (Å²) in [7, 11) is 1.90. The van der Waals surface area contributed by atoms with Crippen molar-refractivity contribution in [3.63, 3.8) is 0 Å². The van der Waals surface area contributed by atoms with Crippen LogP contribution in [0.5, 0.6) is 0 Å². The molecule has 2 aromatic rings. The van der Waals surface area contributed by atoms with Crippen molar-refractivity contribution >= 4 is 17.0 Å². The molecule has 3 heterocycles. The molecule has 2 aromatic heterocycles. The third-order valence-electron chi connectivity index (χ3n) is 3.42. The summed E-state index contributed by atoms with van der Waals surface area (Å²) in [5.74, 6) is 0.538. The van der Waals surface area contributed by atoms with Crippen molar-refractivity contribution in [3.05, 3.63) is 16.6 Å². The van der Waals surface area contributed by atoms with E-state index in [-0.39, 0.29) is 11.7 Å². The Balaban J connectivity index is 1.80. The number of aromatic nitrogens is 4. The summed E-state index contributed by atoms with van der Waals surface area (Å²) in [6.45, 7) is 1.55. The van der Waals surface area contributed by atoms with E-state index < -0.39 is 0 Å². The lowest BCUT2D eigenvalue weighted by molar-refractivity contribution is 0.0214. The molecule has 1 atom stereocenters. The SMILES string of the molecule is CN(CC1CCCCO1)c1nc2[nH]ncc2c(=O)[nH]1. The van der Waals surface area contributed by atoms with Crippen molar-refractivity contribution in [3.8, 4) is 0 Å². The highest BCUT2D eigenvalue weighted by atomic mass is 16.5. The molecular formula is C12H17N5O2. The van der Waals surface area contributed by atoms with Crippen LogP contribution in [0.4, 0.5) is 5.95 Å². The standard InChI is InChI=1S/C12H17N5O2/c1-17(7-8-4-2-3-5-19-8)12-14-10-9(6-13-16-10)11(18)15-12/h6,8H,2-5,7H2,1H3,(H2,13,14,15,16,18). The lowest BCUT2D eigenvalue weighted by atomic mass is 10.1. The van der Waals surface area contributed by atoms with Gasteiger partial charge in [0.05, 0.1) is 12.3 Å². The van der Waals surface area contributed by atoms with Crippen molar-refractivity contribution in [1.82, 2.24) is 20.2 Å². The predicted octanol–water partition coefficient (Wildman–Crippen LogP) is 0.651. The minimum absolute atomic E-state index is 0.176. The minimum atomic E-state index is -0.176. The molecule has 1 aliphatic rings. The first-order valence-corrected chi connectivity index (χ1v) is 6.50. The van der Waals surface area contributed by atoms with E-state index in [0.717, 1.165) is 26.0 Å². The molecule has 1 aliphatic heterocycles. The molecule has 1 fully saturated rings. The van der Waals surface area contributed by atoms with Gasteiger partial charge < -0.3 is 9.64 Å². The quantitative estimate of drug-likeness (QED) is 0.849. The molecule has 0 saturated carbocycles. The Kier molecular flexibility index (Phi) is 3.20. The maximum Gasteiger partial charge on any atom is 0.263 e. The van der Waals surface area contributed by atoms with E-state index in [1.807, 2.05) is 11.9 Å². The number of rotatable bonds is 3. The van der Waals surface area contributed by atoms with Crippen molar-refractivity contribution in [2.24, 2.45) is 0 Å². The van der Waals surface area contributed by atoms with E-state index in [4.69, 9.17) is 4.74 Å². The zero-order valence-corrected chi connectivity index (χ0v) is 10.8. The number of nitrogens with zero attached hydrogens (tertiary/aromatic N) is 3. The Morgan fingerprint density at radius 2 is 2.42 bits per heavy atom. The first-order chi connectivity index (χ1) is 9.24. The van der Waals surface area contributed by atoms with Crippen molar-refractivity contribution < 1.29 is 4.74 Å². The molecular weight excluding hydrogens is 246 g/mol. The molecule has 0 aliphatic carbocycles. The van der Waals surface area contributed by atoms with Crippen LogP contribution in [0.3, 0.4) is 0 Å². The summed E-state index contributed by atoms with van der Waals surface area (Å²) in [5, 5.41) is 7.03. The molecule has 0 spiro atoms. The zero-order valence-electron chi connectivity index (χ0n) is 10.8. The Bertz CT molecular complexity index is 614. The fourth-order valence-corrected chi connectivity index (χ4v) is 2.36. The average molecular weight is 263 g/mol. The van der Waals surface area contributed by atoms with Crippen LogP contribution in [0.15, 0.2) is 11.0 Å². The first-order valence-electron chi connectivity index (χ1n) is 6.50. The van der Waals surface area contributed by atoms with Crippen LogP contribution in [0, 0.1) is 0 Å². The van der Waals surface area contributed by atoms with E-state index >= 15 is 0 Å². The molecule has 3 rings (SSSR count). The van der Waals surface area contributed by atoms with E-state index in [1.54, 1.807) is 0 Å². The summed E-state index contributed by atoms with van der Waals surface area (Å²) < 4.78 is 5.69. The van der Waals surface area contributed by atoms with E-state index in [2.05, 4.69) is 20.2 Å². The lowest BCUT2D eigenvalue weighted by Gasteiger charge is -2.27. The van der Waals surface area contributed by atoms with Gasteiger partial charge >= 0.3 is 0 Å². The molecule has 0 radical (unpaired) electrons. The van der Waals surface area contributed by atoms with Gasteiger partial charge in [-0.2, -0.15) is 10.1 Å². The predicted molar refractivity (Wildman–Crippen MR) is 71.4 cm³/mol. The van der Waals surface area contributed by atoms with E-state index in [1.165, 1.54) is 12.6 Å². The molecule has 7 nitrogen and oxygen atoms in total. The molecule has 7 heteroatoms. The number of hydrogen-bond acceptors (Lipinski definition) is 5. The number of aromatic amines is 2. The van der Waals surface area contributed by atoms with Crippen molar-refractivity contribution in [2.75, 3.05) is 25.1 Å². The summed E-state index contributed by atoms with van der Waals surface area (Å²) in [5.41, 5.74) is 0.334. The monoisotopic (exact) mass is 263 g/mol. The minimum Gasteiger partial charge on any atom is -0.376 e. The second-order valence-electron chi connectivity index (χ2n) is 4.89. The molecule has 0 amide bonds. The molecule has 102 valence electrons. The highest BCUT2D eigenvalue weighted by molar-refractivity contribution is 5.73. The molecule has 0 aromatic carbocycles. The largest absolute Gasteiger partial charge is 0.376 e. The maximum atomic E-state index is 11.8. The van der Waals surface area contributed by atoms with Gasteiger partial charge in [0.25, 0.3) is 5.56 Å². The van der Waals surface area contributed by atoms with Gasteiger partial charge in [0.2, 0.25) is 5.95 Å². The Labute approximate surface area is 110 Å². The third kappa shape index (κ3) is 2.46. The molecule has 0 bridgehead atoms. The topological polar surface area (TPSA) is 86.9 Å². The lowest BCUT2D eigenvalue weighted by Crippen LogP contribution is -2.35. The summed E-state index contributed by atoms with van der Waals surface area (Å²) >= 11 is 0. The van der Waals surface area contributed by atoms with Crippen LogP contribution in [0.25, 0.3) is 11.0 Å². The second-order valence-corrected chi connectivity index (χ2v) is 4.89. The number of fused-ring (bicyclic) bond motifs is 1. The highest BCUT2D eigenvalue weighted by Crippen LogP contribution is 2.15. The van der Waals surface area contributed by atoms with Gasteiger partial charge in [-0.05, 0) is 19.3 Å². The van der Waals surface area contributed by atoms with Gasteiger partial charge in [0.1, 0.15) is 5.39 Å². The van der Waals surface area contributed by atoms with Gasteiger partial charge in [-0.25, -0.2) is 0 Å². The number of anilines is 1. The number of likely N-dealkylation sites (N-methyl/N-ethyl adjacent to an activating group) is 1. The fourth-order valence-electron chi connectivity index (χ4n) is 2.36. The Hall–Kier alpha value is -1.89. The molecule has 2 N–H and O–H groups in total. The number of H-pyrrole nitrogens is 2. The smallest absolute Gasteiger partial charge is 0.263 e. The van der Waals surface area contributed by atoms with E-state index in [0.29, 0.717) is 17.0 Å². The van der Waals surface area contributed by atoms with Gasteiger partial charge in [0, 0.05) is 20.2 Å². The van der Waals surface area contributed by atoms with Crippen molar-refractivity contribution in [2.45, 2.75) is 25.4 Å². The maximum absolute atomic E-state index is 11.8. The number of ether oxygens (including phenoxy) is 1. The molecule has 1 saturated heterocycles. The van der Waals surface area contributed by atoms with Crippen LogP contribution >= 0.6 is 0 Å². The molecule has 19 heavy (non-hydrogen) atoms. The Morgan fingerprint density at radius 3 is 3.21 bits per heavy atom. The summed E-state index contributed by atoms with van der Waals surface area (Å²) in [6.07, 6.45) is 5.08. The fraction of sp³-hybridized carbons (Fsp3) is 0.583.